The maximum absolute atomic E-state index is 12.5. The van der Waals surface area contributed by atoms with Crippen molar-refractivity contribution in [3.05, 3.63) is 36.5 Å². The monoisotopic (exact) mass is 1010 g/mol. The Morgan fingerprint density at radius 1 is 0.389 bits per heavy atom. The molecule has 0 aromatic rings. The van der Waals surface area contributed by atoms with E-state index in [0.29, 0.717) is 19.4 Å². The first-order chi connectivity index (χ1) is 35.5. The topological polar surface area (TPSA) is 95.9 Å². The predicted octanol–water partition coefficient (Wildman–Crippen LogP) is 20.4. The third-order valence-corrected chi connectivity index (χ3v) is 14.9. The number of esters is 1. The number of ether oxygens (including phenoxy) is 1. The molecule has 0 aliphatic heterocycles. The van der Waals surface area contributed by atoms with Crippen molar-refractivity contribution in [2.75, 3.05) is 13.2 Å². The van der Waals surface area contributed by atoms with Gasteiger partial charge in [-0.1, -0.05) is 307 Å². The molecule has 72 heavy (non-hydrogen) atoms. The summed E-state index contributed by atoms with van der Waals surface area (Å²) >= 11 is 0. The summed E-state index contributed by atoms with van der Waals surface area (Å²) in [5.41, 5.74) is 0. The van der Waals surface area contributed by atoms with Crippen molar-refractivity contribution in [1.29, 1.82) is 0 Å². The van der Waals surface area contributed by atoms with Crippen molar-refractivity contribution in [1.82, 2.24) is 5.32 Å². The molecule has 6 nitrogen and oxygen atoms in total. The van der Waals surface area contributed by atoms with Crippen LogP contribution >= 0.6 is 0 Å². The molecule has 3 N–H and O–H groups in total. The van der Waals surface area contributed by atoms with Crippen LogP contribution in [-0.4, -0.2) is 47.4 Å². The fourth-order valence-electron chi connectivity index (χ4n) is 9.96. The van der Waals surface area contributed by atoms with Crippen LogP contribution in [0.2, 0.25) is 0 Å². The van der Waals surface area contributed by atoms with Gasteiger partial charge in [-0.15, -0.1) is 0 Å². The number of carbonyl (C=O) groups excluding carboxylic acids is 2. The van der Waals surface area contributed by atoms with Crippen molar-refractivity contribution in [2.24, 2.45) is 0 Å². The molecule has 0 rings (SSSR count). The summed E-state index contributed by atoms with van der Waals surface area (Å²) in [6.45, 7) is 4.89. The maximum Gasteiger partial charge on any atom is 0.305 e. The highest BCUT2D eigenvalue weighted by molar-refractivity contribution is 5.76. The van der Waals surface area contributed by atoms with Crippen molar-refractivity contribution in [3.63, 3.8) is 0 Å². The highest BCUT2D eigenvalue weighted by Gasteiger charge is 2.18. The van der Waals surface area contributed by atoms with Gasteiger partial charge in [0.2, 0.25) is 5.91 Å². The molecule has 0 spiro atoms. The molecular formula is C66H125NO5. The van der Waals surface area contributed by atoms with Gasteiger partial charge in [0.1, 0.15) is 0 Å². The fourth-order valence-corrected chi connectivity index (χ4v) is 9.96. The number of rotatable bonds is 60. The minimum atomic E-state index is -0.845. The lowest BCUT2D eigenvalue weighted by atomic mass is 10.0. The number of allylic oxidation sites excluding steroid dienone is 5. The Hall–Kier alpha value is -1.92. The lowest BCUT2D eigenvalue weighted by Gasteiger charge is -2.20. The van der Waals surface area contributed by atoms with Gasteiger partial charge < -0.3 is 20.3 Å². The highest BCUT2D eigenvalue weighted by Crippen LogP contribution is 2.18. The molecular weight excluding hydrogens is 887 g/mol. The van der Waals surface area contributed by atoms with Crippen LogP contribution in [0.5, 0.6) is 0 Å². The van der Waals surface area contributed by atoms with Crippen LogP contribution in [0.1, 0.15) is 348 Å². The van der Waals surface area contributed by atoms with E-state index in [1.165, 1.54) is 270 Å². The first kappa shape index (κ1) is 70.1. The normalized spacial score (nSPS) is 12.8. The first-order valence-corrected chi connectivity index (χ1v) is 32.3. The summed E-state index contributed by atoms with van der Waals surface area (Å²) in [6, 6.07) is -0.628. The number of aliphatic hydroxyl groups is 2. The van der Waals surface area contributed by atoms with E-state index in [4.69, 9.17) is 4.74 Å². The number of unbranched alkanes of at least 4 members (excludes halogenated alkanes) is 45. The summed E-state index contributed by atoms with van der Waals surface area (Å²) < 4.78 is 5.48. The second-order valence-electron chi connectivity index (χ2n) is 22.1. The smallest absolute Gasteiger partial charge is 0.305 e. The molecule has 0 aliphatic rings. The van der Waals surface area contributed by atoms with E-state index in [1.54, 1.807) is 6.08 Å². The van der Waals surface area contributed by atoms with Crippen LogP contribution in [-0.2, 0) is 14.3 Å². The number of nitrogens with one attached hydrogen (secondary N) is 1. The van der Waals surface area contributed by atoms with E-state index < -0.39 is 12.1 Å². The molecule has 0 saturated heterocycles. The molecule has 0 fully saturated rings. The van der Waals surface area contributed by atoms with E-state index in [2.05, 4.69) is 43.5 Å². The van der Waals surface area contributed by atoms with Gasteiger partial charge in [-0.25, -0.2) is 0 Å². The standard InChI is InChI=1S/C66H125NO5/c1-3-5-7-9-11-13-15-17-19-27-31-34-38-42-46-50-54-58-64(69)63(62-68)67-65(70)59-55-51-47-43-39-35-32-28-25-23-21-20-22-24-26-29-33-37-41-45-49-53-57-61-72-66(71)60-56-52-48-44-40-36-30-18-16-14-12-10-8-6-4-2/h12,14,18,30,54,58,63-64,68-69H,3-11,13,15-17,19-29,31-53,55-57,59-62H2,1-2H3,(H,67,70)/b14-12-,30-18-,58-54+/t63-,64+/m0/s1. The van der Waals surface area contributed by atoms with E-state index >= 15 is 0 Å². The number of hydrogen-bond acceptors (Lipinski definition) is 5. The zero-order valence-electron chi connectivity index (χ0n) is 48.4. The van der Waals surface area contributed by atoms with Gasteiger partial charge >= 0.3 is 5.97 Å². The van der Waals surface area contributed by atoms with Gasteiger partial charge in [-0.2, -0.15) is 0 Å². The van der Waals surface area contributed by atoms with E-state index in [0.717, 1.165) is 51.4 Å². The van der Waals surface area contributed by atoms with Crippen molar-refractivity contribution in [3.8, 4) is 0 Å². The average Bonchev–Trinajstić information content (AvgIpc) is 3.38. The van der Waals surface area contributed by atoms with Crippen LogP contribution in [0.4, 0.5) is 0 Å². The molecule has 6 heteroatoms. The van der Waals surface area contributed by atoms with Crippen LogP contribution in [0.3, 0.4) is 0 Å². The van der Waals surface area contributed by atoms with Crippen molar-refractivity contribution >= 4 is 11.9 Å². The Balaban J connectivity index is 3.40. The Morgan fingerprint density at radius 2 is 0.694 bits per heavy atom. The summed E-state index contributed by atoms with van der Waals surface area (Å²) in [5, 5.41) is 23.2. The van der Waals surface area contributed by atoms with Crippen LogP contribution < -0.4 is 5.32 Å². The molecule has 2 atom stereocenters. The number of carbonyl (C=O) groups is 2. The molecule has 0 saturated carbocycles. The Bertz CT molecular complexity index is 1170. The molecule has 424 valence electrons. The predicted molar refractivity (Wildman–Crippen MR) is 315 cm³/mol. The Labute approximate surface area is 449 Å². The molecule has 1 amide bonds. The van der Waals surface area contributed by atoms with Gasteiger partial charge in [-0.05, 0) is 64.2 Å². The molecule has 0 aromatic carbocycles. The maximum atomic E-state index is 12.5. The molecule has 0 aromatic heterocycles. The van der Waals surface area contributed by atoms with Crippen LogP contribution in [0, 0.1) is 0 Å². The van der Waals surface area contributed by atoms with Gasteiger partial charge in [-0.3, -0.25) is 9.59 Å². The highest BCUT2D eigenvalue weighted by atomic mass is 16.5. The zero-order chi connectivity index (χ0) is 52.2. The Kier molecular flexibility index (Phi) is 60.0. The largest absolute Gasteiger partial charge is 0.466 e. The SMILES string of the molecule is CCCCC/C=C\C/C=C\CCCCCCCC(=O)OCCCCCCCCCCCCCCCCCCCCCCCCCC(=O)N[C@@H](CO)[C@H](O)/C=C/CCCCCCCCCCCCCCCCC. The zero-order valence-corrected chi connectivity index (χ0v) is 48.4. The van der Waals surface area contributed by atoms with Gasteiger partial charge in [0, 0.05) is 12.8 Å². The van der Waals surface area contributed by atoms with Crippen LogP contribution in [0.15, 0.2) is 36.5 Å². The van der Waals surface area contributed by atoms with Gasteiger partial charge in [0.15, 0.2) is 0 Å². The second-order valence-corrected chi connectivity index (χ2v) is 22.1. The molecule has 0 unspecified atom stereocenters. The summed E-state index contributed by atoms with van der Waals surface area (Å²) in [6.07, 6.45) is 77.6. The van der Waals surface area contributed by atoms with E-state index in [1.807, 2.05) is 6.08 Å². The van der Waals surface area contributed by atoms with Crippen LogP contribution in [0.25, 0.3) is 0 Å². The van der Waals surface area contributed by atoms with Crippen molar-refractivity contribution < 1.29 is 24.5 Å². The number of aliphatic hydroxyl groups excluding tert-OH is 2. The minimum absolute atomic E-state index is 0.0000352. The second kappa shape index (κ2) is 61.6. The Morgan fingerprint density at radius 3 is 1.08 bits per heavy atom. The third-order valence-electron chi connectivity index (χ3n) is 14.9. The van der Waals surface area contributed by atoms with E-state index in [9.17, 15) is 19.8 Å². The third kappa shape index (κ3) is 57.4. The fraction of sp³-hybridized carbons (Fsp3) is 0.879. The summed E-state index contributed by atoms with van der Waals surface area (Å²) in [5.74, 6) is -0.0655. The number of hydrogen-bond donors (Lipinski definition) is 3. The lowest BCUT2D eigenvalue weighted by molar-refractivity contribution is -0.143. The number of amides is 1. The molecule has 0 bridgehead atoms. The van der Waals surface area contributed by atoms with Gasteiger partial charge in [0.25, 0.3) is 0 Å². The van der Waals surface area contributed by atoms with E-state index in [-0.39, 0.29) is 18.5 Å². The molecule has 0 radical (unpaired) electrons. The summed E-state index contributed by atoms with van der Waals surface area (Å²) in [4.78, 5) is 24.5. The molecule has 0 aliphatic carbocycles. The first-order valence-electron chi connectivity index (χ1n) is 32.3. The lowest BCUT2D eigenvalue weighted by Crippen LogP contribution is -2.45. The average molecular weight is 1010 g/mol. The van der Waals surface area contributed by atoms with Crippen molar-refractivity contribution in [2.45, 2.75) is 360 Å². The molecule has 0 heterocycles. The quantitative estimate of drug-likeness (QED) is 0.0320. The minimum Gasteiger partial charge on any atom is -0.466 e. The summed E-state index contributed by atoms with van der Waals surface area (Å²) in [7, 11) is 0. The van der Waals surface area contributed by atoms with Gasteiger partial charge in [0.05, 0.1) is 25.4 Å².